The van der Waals surface area contributed by atoms with Crippen LogP contribution in [0.5, 0.6) is 5.75 Å². The Kier molecular flexibility index (Phi) is 12.8. The lowest BCUT2D eigenvalue weighted by Crippen LogP contribution is -1.97. The number of rotatable bonds is 14. The quantitative estimate of drug-likeness (QED) is 0.175. The molecule has 31 heavy (non-hydrogen) atoms. The molecule has 172 valence electrons. The molecule has 0 aliphatic carbocycles. The highest BCUT2D eigenvalue weighted by Crippen LogP contribution is 2.51. The van der Waals surface area contributed by atoms with Crippen LogP contribution < -0.4 is 4.74 Å². The smallest absolute Gasteiger partial charge is 0.490 e. The molecule has 0 saturated carbocycles. The number of phosphoric acid groups is 1. The number of ether oxygens (including phenoxy) is 1. The SMILES string of the molecule is CC(C)=CCC/C=C(\C)CC/C(C)=C/COc1cccc(COP(=O)(O)O[P+](=O)O)c1. The molecule has 0 aromatic heterocycles. The minimum Gasteiger partial charge on any atom is -0.490 e. The molecule has 9 heteroatoms. The number of unbranched alkanes of at least 4 members (excludes halogenated alkanes) is 1. The Hall–Kier alpha value is -1.59. The van der Waals surface area contributed by atoms with E-state index in [-0.39, 0.29) is 6.61 Å². The van der Waals surface area contributed by atoms with E-state index in [2.05, 4.69) is 44.2 Å². The summed E-state index contributed by atoms with van der Waals surface area (Å²) in [5.41, 5.74) is 4.55. The first kappa shape index (κ1) is 27.4. The summed E-state index contributed by atoms with van der Waals surface area (Å²) in [5, 5.41) is 0. The third-order valence-corrected chi connectivity index (χ3v) is 6.11. The second kappa shape index (κ2) is 14.5. The van der Waals surface area contributed by atoms with E-state index in [1.165, 1.54) is 16.7 Å². The van der Waals surface area contributed by atoms with Gasteiger partial charge in [0.05, 0.1) is 6.61 Å². The van der Waals surface area contributed by atoms with Crippen LogP contribution >= 0.6 is 16.1 Å². The minimum absolute atomic E-state index is 0.262. The van der Waals surface area contributed by atoms with Crippen molar-refractivity contribution in [3.8, 4) is 5.75 Å². The first-order valence-corrected chi connectivity index (χ1v) is 12.7. The Labute approximate surface area is 186 Å². The van der Waals surface area contributed by atoms with E-state index in [0.29, 0.717) is 17.9 Å². The molecule has 0 fully saturated rings. The molecule has 1 aromatic carbocycles. The van der Waals surface area contributed by atoms with Crippen LogP contribution in [0.4, 0.5) is 0 Å². The monoisotopic (exact) mass is 471 g/mol. The molecule has 1 rings (SSSR count). The molecule has 2 N–H and O–H groups in total. The summed E-state index contributed by atoms with van der Waals surface area (Å²) >= 11 is 0. The van der Waals surface area contributed by atoms with Crippen molar-refractivity contribution in [1.82, 2.24) is 0 Å². The van der Waals surface area contributed by atoms with Gasteiger partial charge in [-0.2, -0.15) is 0 Å². The van der Waals surface area contributed by atoms with Crippen molar-refractivity contribution in [3.05, 3.63) is 64.8 Å². The molecule has 0 heterocycles. The van der Waals surface area contributed by atoms with Crippen molar-refractivity contribution in [2.45, 2.75) is 60.0 Å². The Morgan fingerprint density at radius 3 is 2.35 bits per heavy atom. The minimum atomic E-state index is -4.58. The van der Waals surface area contributed by atoms with Gasteiger partial charge in [-0.05, 0) is 81.5 Å². The fraction of sp³-hybridized carbons (Fsp3) is 0.455. The van der Waals surface area contributed by atoms with Gasteiger partial charge in [-0.25, -0.2) is 4.57 Å². The van der Waals surface area contributed by atoms with Crippen molar-refractivity contribution in [2.24, 2.45) is 0 Å². The average molecular weight is 471 g/mol. The summed E-state index contributed by atoms with van der Waals surface area (Å²) in [6.45, 7) is 8.61. The molecule has 0 aliphatic heterocycles. The number of phosphoric ester groups is 1. The lowest BCUT2D eigenvalue weighted by Gasteiger charge is -2.08. The fourth-order valence-electron chi connectivity index (χ4n) is 2.57. The Bertz CT molecular complexity index is 855. The van der Waals surface area contributed by atoms with E-state index < -0.39 is 16.1 Å². The molecule has 0 saturated heterocycles. The van der Waals surface area contributed by atoms with Gasteiger partial charge in [-0.15, -0.1) is 4.89 Å². The van der Waals surface area contributed by atoms with E-state index in [4.69, 9.17) is 14.2 Å². The topological polar surface area (TPSA) is 102 Å². The van der Waals surface area contributed by atoms with Crippen molar-refractivity contribution >= 4 is 16.1 Å². The van der Waals surface area contributed by atoms with Crippen molar-refractivity contribution in [1.29, 1.82) is 0 Å². The van der Waals surface area contributed by atoms with Crippen LogP contribution in [0, 0.1) is 0 Å². The lowest BCUT2D eigenvalue weighted by atomic mass is 10.1. The standard InChI is InChI=1S/C22H32O7P2/c1-18(2)8-5-6-9-19(3)12-13-20(4)14-15-27-22-11-7-10-21(16-22)17-28-31(25,26)29-30(23)24/h7-11,14,16H,5-6,12-13,15,17H2,1-4H3,(H-,23,24,25,26)/p+1/b19-9+,20-14+. The largest absolute Gasteiger partial charge is 0.705 e. The van der Waals surface area contributed by atoms with Crippen LogP contribution in [-0.2, 0) is 24.6 Å². The molecule has 2 unspecified atom stereocenters. The second-order valence-corrected chi connectivity index (χ2v) is 9.80. The normalized spacial score (nSPS) is 14.7. The maximum absolute atomic E-state index is 11.5. The number of benzene rings is 1. The van der Waals surface area contributed by atoms with E-state index in [1.54, 1.807) is 24.3 Å². The van der Waals surface area contributed by atoms with E-state index >= 15 is 0 Å². The predicted octanol–water partition coefficient (Wildman–Crippen LogP) is 6.77. The predicted molar refractivity (Wildman–Crippen MR) is 123 cm³/mol. The van der Waals surface area contributed by atoms with Gasteiger partial charge >= 0.3 is 16.1 Å². The van der Waals surface area contributed by atoms with Gasteiger partial charge in [-0.1, -0.05) is 41.0 Å². The lowest BCUT2D eigenvalue weighted by molar-refractivity contribution is 0.192. The number of hydrogen-bond donors (Lipinski definition) is 2. The molecule has 0 radical (unpaired) electrons. The molecule has 7 nitrogen and oxygen atoms in total. The highest BCUT2D eigenvalue weighted by Gasteiger charge is 2.34. The third kappa shape index (κ3) is 14.2. The molecule has 2 atom stereocenters. The zero-order valence-corrected chi connectivity index (χ0v) is 20.4. The van der Waals surface area contributed by atoms with Crippen molar-refractivity contribution < 1.29 is 32.5 Å². The van der Waals surface area contributed by atoms with Crippen LogP contribution in [0.2, 0.25) is 0 Å². The summed E-state index contributed by atoms with van der Waals surface area (Å²) in [7, 11) is -7.81. The summed E-state index contributed by atoms with van der Waals surface area (Å²) in [6, 6.07) is 6.84. The van der Waals surface area contributed by atoms with Crippen LogP contribution in [0.25, 0.3) is 0 Å². The molecule has 0 spiro atoms. The molecule has 1 aromatic rings. The summed E-state index contributed by atoms with van der Waals surface area (Å²) < 4.78 is 36.3. The molecule has 0 bridgehead atoms. The van der Waals surface area contributed by atoms with Gasteiger partial charge in [0, 0.05) is 4.57 Å². The molecular formula is C22H33O7P2+. The summed E-state index contributed by atoms with van der Waals surface area (Å²) in [6.07, 6.45) is 10.7. The highest BCUT2D eigenvalue weighted by atomic mass is 31.2. The number of hydrogen-bond acceptors (Lipinski definition) is 5. The first-order chi connectivity index (χ1) is 14.6. The fourth-order valence-corrected chi connectivity index (χ4v) is 3.78. The number of allylic oxidation sites excluding steroid dienone is 5. The molecule has 0 aliphatic rings. The third-order valence-electron chi connectivity index (χ3n) is 4.27. The van der Waals surface area contributed by atoms with E-state index in [9.17, 15) is 14.0 Å². The van der Waals surface area contributed by atoms with Gasteiger partial charge in [0.15, 0.2) is 0 Å². The zero-order valence-electron chi connectivity index (χ0n) is 18.6. The van der Waals surface area contributed by atoms with E-state index in [1.807, 2.05) is 6.08 Å². The van der Waals surface area contributed by atoms with Gasteiger partial charge in [-0.3, -0.25) is 9.42 Å². The van der Waals surface area contributed by atoms with Crippen LogP contribution in [0.15, 0.2) is 59.2 Å². The molecular weight excluding hydrogens is 438 g/mol. The van der Waals surface area contributed by atoms with Crippen molar-refractivity contribution in [3.63, 3.8) is 0 Å². The van der Waals surface area contributed by atoms with Gasteiger partial charge in [0.2, 0.25) is 0 Å². The zero-order chi connectivity index (χ0) is 23.3. The van der Waals surface area contributed by atoms with Gasteiger partial charge in [0.1, 0.15) is 12.4 Å². The van der Waals surface area contributed by atoms with Gasteiger partial charge in [0.25, 0.3) is 0 Å². The van der Waals surface area contributed by atoms with Gasteiger partial charge < -0.3 is 4.74 Å². The van der Waals surface area contributed by atoms with Crippen molar-refractivity contribution in [2.75, 3.05) is 6.61 Å². The second-order valence-electron chi connectivity index (χ2n) is 7.48. The average Bonchev–Trinajstić information content (AvgIpc) is 2.67. The maximum Gasteiger partial charge on any atom is 0.705 e. The van der Waals surface area contributed by atoms with E-state index in [0.717, 1.165) is 25.7 Å². The first-order valence-electron chi connectivity index (χ1n) is 10.1. The Morgan fingerprint density at radius 2 is 1.71 bits per heavy atom. The van der Waals surface area contributed by atoms with Crippen LogP contribution in [0.1, 0.15) is 58.9 Å². The van der Waals surface area contributed by atoms with Crippen LogP contribution in [-0.4, -0.2) is 16.4 Å². The maximum atomic E-state index is 11.5. The van der Waals surface area contributed by atoms with Crippen LogP contribution in [0.3, 0.4) is 0 Å². The Morgan fingerprint density at radius 1 is 1.06 bits per heavy atom. The highest BCUT2D eigenvalue weighted by molar-refractivity contribution is 7.55. The summed E-state index contributed by atoms with van der Waals surface area (Å²) in [4.78, 5) is 17.9. The Balaban J connectivity index is 2.43. The molecule has 0 amide bonds. The summed E-state index contributed by atoms with van der Waals surface area (Å²) in [5.74, 6) is 0.586.